The Bertz CT molecular complexity index is 1400. The monoisotopic (exact) mass is 597 g/mol. The van der Waals surface area contributed by atoms with Gasteiger partial charge in [0.05, 0.1) is 17.5 Å². The standard InChI is InChI=1S/C32H40FN3O7/c1-35(2)26-20-12-17-11-19-23(27(38)22(17)29(40)32(20,43)30(41)24(28(26)39)31(34)42)21(37)13-18(25(19)33)14-36-9-7-16(8-10-36)15-5-3-4-6-15/h13,15-17,20,22,24,26,37,43H,3-12,14H2,1-2H3,(H2,34,42)/t17-,20-,22?,24?,26-,32-/m0/s1. The maximum atomic E-state index is 16.1. The molecule has 0 radical (unpaired) electrons. The number of hydrogen-bond acceptors (Lipinski definition) is 9. The highest BCUT2D eigenvalue weighted by Gasteiger charge is 2.69. The number of piperidine rings is 1. The van der Waals surface area contributed by atoms with Gasteiger partial charge in [0, 0.05) is 23.6 Å². The zero-order valence-corrected chi connectivity index (χ0v) is 24.7. The lowest BCUT2D eigenvalue weighted by Gasteiger charge is -2.52. The molecule has 3 saturated carbocycles. The average Bonchev–Trinajstić information content (AvgIpc) is 3.48. The van der Waals surface area contributed by atoms with Crippen molar-refractivity contribution in [1.82, 2.24) is 9.80 Å². The molecule has 6 rings (SSSR count). The molecule has 2 unspecified atom stereocenters. The van der Waals surface area contributed by atoms with Crippen molar-refractivity contribution in [1.29, 1.82) is 0 Å². The zero-order chi connectivity index (χ0) is 31.0. The molecule has 1 aliphatic heterocycles. The van der Waals surface area contributed by atoms with Crippen LogP contribution in [0.4, 0.5) is 4.39 Å². The maximum absolute atomic E-state index is 16.1. The number of nitrogens with zero attached hydrogens (tertiary/aromatic N) is 2. The quantitative estimate of drug-likeness (QED) is 0.427. The predicted molar refractivity (Wildman–Crippen MR) is 151 cm³/mol. The summed E-state index contributed by atoms with van der Waals surface area (Å²) in [5, 5.41) is 22.6. The molecule has 1 saturated heterocycles. The minimum atomic E-state index is -2.80. The van der Waals surface area contributed by atoms with E-state index in [-0.39, 0.29) is 36.1 Å². The zero-order valence-electron chi connectivity index (χ0n) is 24.7. The van der Waals surface area contributed by atoms with Gasteiger partial charge in [-0.25, -0.2) is 4.39 Å². The minimum absolute atomic E-state index is 0.0187. The summed E-state index contributed by atoms with van der Waals surface area (Å²) in [7, 11) is 3.05. The number of carbonyl (C=O) groups excluding carboxylic acids is 5. The summed E-state index contributed by atoms with van der Waals surface area (Å²) in [5.41, 5.74) is 2.53. The lowest BCUT2D eigenvalue weighted by Crippen LogP contribution is -2.74. The first-order chi connectivity index (χ1) is 20.4. The van der Waals surface area contributed by atoms with Gasteiger partial charge in [-0.1, -0.05) is 25.7 Å². The van der Waals surface area contributed by atoms with Crippen molar-refractivity contribution in [2.45, 2.75) is 69.6 Å². The van der Waals surface area contributed by atoms with E-state index >= 15 is 4.39 Å². The fraction of sp³-hybridized carbons (Fsp3) is 0.656. The first kappa shape index (κ1) is 30.0. The summed E-state index contributed by atoms with van der Waals surface area (Å²) >= 11 is 0. The third-order valence-corrected chi connectivity index (χ3v) is 11.2. The molecule has 0 spiro atoms. The number of hydrogen-bond donors (Lipinski definition) is 3. The molecule has 1 aromatic carbocycles. The smallest absolute Gasteiger partial charge is 0.235 e. The van der Waals surface area contributed by atoms with Crippen LogP contribution >= 0.6 is 0 Å². The molecular weight excluding hydrogens is 557 g/mol. The third kappa shape index (κ3) is 4.57. The highest BCUT2D eigenvalue weighted by molar-refractivity contribution is 6.32. The molecule has 1 heterocycles. The Morgan fingerprint density at radius 3 is 2.28 bits per heavy atom. The molecule has 0 bridgehead atoms. The number of nitrogens with two attached hydrogens (primary N) is 1. The van der Waals surface area contributed by atoms with Crippen molar-refractivity contribution in [3.63, 3.8) is 0 Å². The van der Waals surface area contributed by atoms with Gasteiger partial charge in [0.15, 0.2) is 34.7 Å². The SMILES string of the molecule is CN(C)[C@@H]1C(=O)C(C(N)=O)C(=O)[C@@]2(O)C(=O)C3C(=O)c4c(O)cc(CN5CCC(C6CCCC6)CC5)c(F)c4C[C@H]3C[C@@H]12. The van der Waals surface area contributed by atoms with Crippen LogP contribution in [-0.2, 0) is 32.1 Å². The number of likely N-dealkylation sites (tertiary alicyclic amines) is 1. The fourth-order valence-corrected chi connectivity index (χ4v) is 9.07. The van der Waals surface area contributed by atoms with Crippen LogP contribution in [0.3, 0.4) is 0 Å². The Morgan fingerprint density at radius 2 is 1.67 bits per heavy atom. The van der Waals surface area contributed by atoms with Gasteiger partial charge in [0.25, 0.3) is 0 Å². The molecule has 4 N–H and O–H groups in total. The molecule has 6 atom stereocenters. The number of likely N-dealkylation sites (N-methyl/N-ethyl adjacent to an activating group) is 1. The van der Waals surface area contributed by atoms with Gasteiger partial charge in [-0.05, 0) is 76.7 Å². The molecule has 11 heteroatoms. The number of phenols is 1. The summed E-state index contributed by atoms with van der Waals surface area (Å²) in [5.74, 6) is -10.6. The number of rotatable bonds is 5. The highest BCUT2D eigenvalue weighted by Crippen LogP contribution is 2.51. The number of ketones is 4. The number of amides is 1. The molecule has 0 aromatic heterocycles. The van der Waals surface area contributed by atoms with E-state index in [1.807, 2.05) is 0 Å². The Kier molecular flexibility index (Phi) is 7.58. The van der Waals surface area contributed by atoms with Gasteiger partial charge in [-0.15, -0.1) is 0 Å². The van der Waals surface area contributed by atoms with E-state index in [0.29, 0.717) is 5.92 Å². The van der Waals surface area contributed by atoms with Crippen LogP contribution in [0, 0.1) is 41.3 Å². The van der Waals surface area contributed by atoms with Gasteiger partial charge >= 0.3 is 0 Å². The number of halogens is 1. The van der Waals surface area contributed by atoms with E-state index in [0.717, 1.165) is 31.8 Å². The number of carbonyl (C=O) groups is 5. The van der Waals surface area contributed by atoms with E-state index in [9.17, 15) is 34.2 Å². The number of aromatic hydroxyl groups is 1. The second-order valence-corrected chi connectivity index (χ2v) is 13.7. The Hall–Kier alpha value is -3.02. The summed E-state index contributed by atoms with van der Waals surface area (Å²) in [6.45, 7) is 1.95. The number of Topliss-reactive ketones (excluding diaryl/α,β-unsaturated/α-hetero) is 4. The maximum Gasteiger partial charge on any atom is 0.235 e. The van der Waals surface area contributed by atoms with Crippen molar-refractivity contribution in [2.24, 2.45) is 41.2 Å². The number of primary amides is 1. The van der Waals surface area contributed by atoms with Gasteiger partial charge in [0.1, 0.15) is 11.6 Å². The van der Waals surface area contributed by atoms with Crippen LogP contribution in [0.1, 0.15) is 66.4 Å². The van der Waals surface area contributed by atoms with E-state index < -0.39 is 75.9 Å². The number of fused-ring (bicyclic) bond motifs is 3. The summed E-state index contributed by atoms with van der Waals surface area (Å²) in [4.78, 5) is 69.9. The van der Waals surface area contributed by atoms with Gasteiger partial charge in [0.2, 0.25) is 5.91 Å². The summed E-state index contributed by atoms with van der Waals surface area (Å²) in [6.07, 6.45) is 7.10. The number of aliphatic hydroxyl groups is 1. The average molecular weight is 598 g/mol. The molecule has 1 amide bonds. The minimum Gasteiger partial charge on any atom is -0.507 e. The van der Waals surface area contributed by atoms with E-state index in [2.05, 4.69) is 4.90 Å². The van der Waals surface area contributed by atoms with E-state index in [1.54, 1.807) is 0 Å². The largest absolute Gasteiger partial charge is 0.507 e. The van der Waals surface area contributed by atoms with Crippen LogP contribution in [0.25, 0.3) is 0 Å². The number of benzene rings is 1. The number of phenolic OH excluding ortho intramolecular Hbond substituents is 1. The van der Waals surface area contributed by atoms with Gasteiger partial charge in [-0.3, -0.25) is 33.8 Å². The van der Waals surface area contributed by atoms with Crippen LogP contribution in [0.15, 0.2) is 6.07 Å². The fourth-order valence-electron chi connectivity index (χ4n) is 9.07. The molecule has 4 aliphatic carbocycles. The second kappa shape index (κ2) is 10.9. The second-order valence-electron chi connectivity index (χ2n) is 13.7. The van der Waals surface area contributed by atoms with Crippen LogP contribution < -0.4 is 5.73 Å². The Balaban J connectivity index is 1.29. The topological polar surface area (TPSA) is 158 Å². The molecule has 4 fully saturated rings. The van der Waals surface area contributed by atoms with Crippen LogP contribution in [-0.4, -0.2) is 87.9 Å². The van der Waals surface area contributed by atoms with Gasteiger partial charge in [-0.2, -0.15) is 0 Å². The van der Waals surface area contributed by atoms with Crippen LogP contribution in [0.5, 0.6) is 5.75 Å². The molecule has 232 valence electrons. The third-order valence-electron chi connectivity index (χ3n) is 11.2. The molecule has 5 aliphatic rings. The normalized spacial score (nSPS) is 33.9. The summed E-state index contributed by atoms with van der Waals surface area (Å²) in [6, 6.07) is 0.0500. The molecule has 43 heavy (non-hydrogen) atoms. The first-order valence-electron chi connectivity index (χ1n) is 15.5. The predicted octanol–water partition coefficient (Wildman–Crippen LogP) is 1.41. The lowest BCUT2D eigenvalue weighted by atomic mass is 9.52. The summed E-state index contributed by atoms with van der Waals surface area (Å²) < 4.78 is 16.1. The van der Waals surface area contributed by atoms with Crippen molar-refractivity contribution < 1.29 is 38.6 Å². The Labute approximate surface area is 249 Å². The highest BCUT2D eigenvalue weighted by atomic mass is 19.1. The van der Waals surface area contributed by atoms with Crippen molar-refractivity contribution in [3.8, 4) is 5.75 Å². The lowest BCUT2D eigenvalue weighted by molar-refractivity contribution is -0.181. The van der Waals surface area contributed by atoms with Crippen LogP contribution in [0.2, 0.25) is 0 Å². The first-order valence-corrected chi connectivity index (χ1v) is 15.5. The molecule has 10 nitrogen and oxygen atoms in total. The molecule has 1 aromatic rings. The van der Waals surface area contributed by atoms with Crippen molar-refractivity contribution in [2.75, 3.05) is 27.2 Å². The van der Waals surface area contributed by atoms with Crippen molar-refractivity contribution >= 4 is 29.0 Å². The Morgan fingerprint density at radius 1 is 1.05 bits per heavy atom. The van der Waals surface area contributed by atoms with E-state index in [1.165, 1.54) is 50.7 Å². The molecular formula is C32H40FN3O7. The van der Waals surface area contributed by atoms with Gasteiger partial charge < -0.3 is 15.9 Å². The van der Waals surface area contributed by atoms with E-state index in [4.69, 9.17) is 5.73 Å². The van der Waals surface area contributed by atoms with Crippen molar-refractivity contribution in [3.05, 3.63) is 28.6 Å².